The van der Waals surface area contributed by atoms with E-state index in [4.69, 9.17) is 21.8 Å². The Morgan fingerprint density at radius 1 is 1.47 bits per heavy atom. The van der Waals surface area contributed by atoms with E-state index in [-0.39, 0.29) is 6.61 Å². The Bertz CT molecular complexity index is 533. The van der Waals surface area contributed by atoms with Crippen LogP contribution in [0.25, 0.3) is 10.9 Å². The van der Waals surface area contributed by atoms with Crippen molar-refractivity contribution in [2.24, 2.45) is 0 Å². The average molecular weight is 226 g/mol. The molecule has 0 radical (unpaired) electrons. The highest BCUT2D eigenvalue weighted by atomic mass is 35.5. The Morgan fingerprint density at radius 3 is 2.80 bits per heavy atom. The number of aromatic nitrogens is 1. The standard InChI is InChI=1S/C10H8ClNO3/c11-7-2-1-3-8-9(7)6(5-13)4-12(8)10(14)15/h1-4,13H,5H2,(H,14,15). The lowest BCUT2D eigenvalue weighted by Gasteiger charge is -1.98. The lowest BCUT2D eigenvalue weighted by atomic mass is 10.2. The van der Waals surface area contributed by atoms with Gasteiger partial charge in [0.2, 0.25) is 0 Å². The second-order valence-corrected chi connectivity index (χ2v) is 3.51. The SMILES string of the molecule is O=C(O)n1cc(CO)c2c(Cl)cccc21. The predicted octanol–water partition coefficient (Wildman–Crippen LogP) is 2.31. The fourth-order valence-corrected chi connectivity index (χ4v) is 1.89. The minimum Gasteiger partial charge on any atom is -0.464 e. The molecule has 2 aromatic rings. The van der Waals surface area contributed by atoms with E-state index in [1.54, 1.807) is 18.2 Å². The molecule has 0 amide bonds. The molecule has 0 aliphatic carbocycles. The van der Waals surface area contributed by atoms with Crippen LogP contribution in [0, 0.1) is 0 Å². The first-order valence-electron chi connectivity index (χ1n) is 4.27. The van der Waals surface area contributed by atoms with Gasteiger partial charge in [0.05, 0.1) is 17.1 Å². The van der Waals surface area contributed by atoms with Crippen molar-refractivity contribution in [3.8, 4) is 0 Å². The molecular weight excluding hydrogens is 218 g/mol. The minimum atomic E-state index is -1.10. The second kappa shape index (κ2) is 3.56. The number of fused-ring (bicyclic) bond motifs is 1. The number of rotatable bonds is 1. The number of aliphatic hydroxyl groups excluding tert-OH is 1. The zero-order valence-corrected chi connectivity index (χ0v) is 8.40. The van der Waals surface area contributed by atoms with E-state index in [1.165, 1.54) is 6.20 Å². The number of benzene rings is 1. The Labute approximate surface area is 90.3 Å². The van der Waals surface area contributed by atoms with Crippen LogP contribution in [0.3, 0.4) is 0 Å². The van der Waals surface area contributed by atoms with Gasteiger partial charge in [-0.2, -0.15) is 0 Å². The zero-order valence-electron chi connectivity index (χ0n) is 7.64. The van der Waals surface area contributed by atoms with Gasteiger partial charge < -0.3 is 10.2 Å². The Balaban J connectivity index is 2.87. The fraction of sp³-hybridized carbons (Fsp3) is 0.100. The molecule has 0 aliphatic rings. The van der Waals surface area contributed by atoms with Crippen molar-refractivity contribution in [1.82, 2.24) is 4.57 Å². The summed E-state index contributed by atoms with van der Waals surface area (Å²) in [4.78, 5) is 10.9. The van der Waals surface area contributed by atoms with Gasteiger partial charge in [0.15, 0.2) is 0 Å². The molecule has 2 rings (SSSR count). The summed E-state index contributed by atoms with van der Waals surface area (Å²) >= 11 is 5.94. The van der Waals surface area contributed by atoms with Crippen molar-refractivity contribution in [1.29, 1.82) is 0 Å². The quantitative estimate of drug-likeness (QED) is 0.783. The summed E-state index contributed by atoms with van der Waals surface area (Å²) in [6.07, 6.45) is 0.278. The molecule has 78 valence electrons. The van der Waals surface area contributed by atoms with Crippen LogP contribution in [0.2, 0.25) is 5.02 Å². The molecule has 0 fully saturated rings. The van der Waals surface area contributed by atoms with Crippen LogP contribution in [0.4, 0.5) is 4.79 Å². The van der Waals surface area contributed by atoms with Crippen molar-refractivity contribution in [2.75, 3.05) is 0 Å². The Hall–Kier alpha value is -1.52. The van der Waals surface area contributed by atoms with Gasteiger partial charge in [-0.15, -0.1) is 0 Å². The van der Waals surface area contributed by atoms with Crippen molar-refractivity contribution in [3.05, 3.63) is 35.0 Å². The number of nitrogens with zero attached hydrogens (tertiary/aromatic N) is 1. The average Bonchev–Trinajstić information content (AvgIpc) is 2.58. The Kier molecular flexibility index (Phi) is 2.38. The van der Waals surface area contributed by atoms with E-state index in [2.05, 4.69) is 0 Å². The van der Waals surface area contributed by atoms with Crippen molar-refractivity contribution >= 4 is 28.6 Å². The van der Waals surface area contributed by atoms with Crippen LogP contribution in [0.1, 0.15) is 5.56 Å². The number of aliphatic hydroxyl groups is 1. The third-order valence-corrected chi connectivity index (χ3v) is 2.55. The van der Waals surface area contributed by atoms with Gasteiger partial charge in [0.25, 0.3) is 0 Å². The summed E-state index contributed by atoms with van der Waals surface area (Å²) in [6, 6.07) is 4.98. The molecule has 0 aliphatic heterocycles. The smallest absolute Gasteiger partial charge is 0.416 e. The summed E-state index contributed by atoms with van der Waals surface area (Å²) in [6.45, 7) is -0.236. The number of carboxylic acid groups (broad SMARTS) is 1. The van der Waals surface area contributed by atoms with Crippen LogP contribution in [0.5, 0.6) is 0 Å². The molecule has 15 heavy (non-hydrogen) atoms. The fourth-order valence-electron chi connectivity index (χ4n) is 1.60. The number of hydrogen-bond acceptors (Lipinski definition) is 2. The van der Waals surface area contributed by atoms with Gasteiger partial charge >= 0.3 is 6.09 Å². The third-order valence-electron chi connectivity index (χ3n) is 2.23. The molecule has 0 spiro atoms. The van der Waals surface area contributed by atoms with Gasteiger partial charge in [-0.1, -0.05) is 17.7 Å². The molecule has 1 aromatic carbocycles. The van der Waals surface area contributed by atoms with Crippen LogP contribution in [-0.2, 0) is 6.61 Å². The first-order valence-corrected chi connectivity index (χ1v) is 4.65. The monoisotopic (exact) mass is 225 g/mol. The molecular formula is C10H8ClNO3. The van der Waals surface area contributed by atoms with Gasteiger partial charge in [-0.05, 0) is 12.1 Å². The first-order chi connectivity index (χ1) is 7.15. The molecule has 0 unspecified atom stereocenters. The van der Waals surface area contributed by atoms with Crippen molar-refractivity contribution < 1.29 is 15.0 Å². The summed E-state index contributed by atoms with van der Waals surface area (Å²) in [5, 5.41) is 19.0. The molecule has 1 heterocycles. The summed E-state index contributed by atoms with van der Waals surface area (Å²) < 4.78 is 1.05. The summed E-state index contributed by atoms with van der Waals surface area (Å²) in [5.74, 6) is 0. The largest absolute Gasteiger partial charge is 0.464 e. The Morgan fingerprint density at radius 2 is 2.20 bits per heavy atom. The van der Waals surface area contributed by atoms with E-state index in [1.807, 2.05) is 0 Å². The maximum atomic E-state index is 10.9. The molecule has 0 saturated heterocycles. The normalized spacial score (nSPS) is 10.8. The van der Waals surface area contributed by atoms with E-state index < -0.39 is 6.09 Å². The van der Waals surface area contributed by atoms with E-state index >= 15 is 0 Å². The maximum absolute atomic E-state index is 10.9. The molecule has 2 N–H and O–H groups in total. The highest BCUT2D eigenvalue weighted by Gasteiger charge is 2.13. The third kappa shape index (κ3) is 1.48. The molecule has 0 atom stereocenters. The zero-order chi connectivity index (χ0) is 11.0. The molecule has 5 heteroatoms. The summed E-state index contributed by atoms with van der Waals surface area (Å²) in [5.41, 5.74) is 0.997. The predicted molar refractivity (Wildman–Crippen MR) is 56.3 cm³/mol. The molecule has 0 saturated carbocycles. The molecule has 1 aromatic heterocycles. The lowest BCUT2D eigenvalue weighted by Crippen LogP contribution is -2.05. The second-order valence-electron chi connectivity index (χ2n) is 3.10. The minimum absolute atomic E-state index is 0.236. The molecule has 0 bridgehead atoms. The van der Waals surface area contributed by atoms with Gasteiger partial charge in [0.1, 0.15) is 0 Å². The highest BCUT2D eigenvalue weighted by Crippen LogP contribution is 2.28. The topological polar surface area (TPSA) is 62.5 Å². The van der Waals surface area contributed by atoms with E-state index in [9.17, 15) is 4.79 Å². The van der Waals surface area contributed by atoms with Crippen LogP contribution < -0.4 is 0 Å². The van der Waals surface area contributed by atoms with Gasteiger partial charge in [0, 0.05) is 17.1 Å². The summed E-state index contributed by atoms with van der Waals surface area (Å²) in [7, 11) is 0. The highest BCUT2D eigenvalue weighted by molar-refractivity contribution is 6.35. The maximum Gasteiger partial charge on any atom is 0.416 e. The van der Waals surface area contributed by atoms with E-state index in [0.29, 0.717) is 21.5 Å². The first kappa shape index (κ1) is 10.0. The molecule has 4 nitrogen and oxygen atoms in total. The van der Waals surface area contributed by atoms with Gasteiger partial charge in [-0.25, -0.2) is 4.79 Å². The number of halogens is 1. The van der Waals surface area contributed by atoms with E-state index in [0.717, 1.165) is 4.57 Å². The van der Waals surface area contributed by atoms with Crippen LogP contribution in [-0.4, -0.2) is 20.9 Å². The van der Waals surface area contributed by atoms with Crippen molar-refractivity contribution in [2.45, 2.75) is 6.61 Å². The number of hydrogen-bond donors (Lipinski definition) is 2. The number of carbonyl (C=O) groups is 1. The van der Waals surface area contributed by atoms with Crippen LogP contribution in [0.15, 0.2) is 24.4 Å². The van der Waals surface area contributed by atoms with Crippen LogP contribution >= 0.6 is 11.6 Å². The van der Waals surface area contributed by atoms with Crippen molar-refractivity contribution in [3.63, 3.8) is 0 Å². The van der Waals surface area contributed by atoms with Gasteiger partial charge in [-0.3, -0.25) is 4.57 Å². The lowest BCUT2D eigenvalue weighted by molar-refractivity contribution is 0.197.